The number of hydrogen-bond acceptors (Lipinski definition) is 28. The molecule has 4 aromatic rings. The molecule has 0 radical (unpaired) electrons. The van der Waals surface area contributed by atoms with Crippen molar-refractivity contribution in [3.8, 4) is 11.3 Å². The number of carboxylic acids is 1. The number of fused-ring (bicyclic) bond motifs is 3. The van der Waals surface area contributed by atoms with E-state index in [1.807, 2.05) is 54.6 Å². The molecular weight excluding hydrogens is 1460 g/mol. The average Bonchev–Trinajstić information content (AvgIpc) is 0.741. The number of nitrogens with one attached hydrogen (secondary N) is 1. The molecule has 0 spiro atoms. The number of halogens is 1. The zero-order chi connectivity index (χ0) is 77.1. The van der Waals surface area contributed by atoms with Crippen molar-refractivity contribution in [1.29, 1.82) is 0 Å². The molecule has 110 heavy (non-hydrogen) atoms. The van der Waals surface area contributed by atoms with Gasteiger partial charge in [0.25, 0.3) is 0 Å². The first-order valence-corrected chi connectivity index (χ1v) is 38.1. The molecule has 33 nitrogen and oxygen atoms in total. The second-order valence-electron chi connectivity index (χ2n) is 23.6. The van der Waals surface area contributed by atoms with Crippen LogP contribution in [0.1, 0.15) is 32.1 Å². The number of nitrogen functional groups attached to an aromatic ring is 1. The summed E-state index contributed by atoms with van der Waals surface area (Å²) >= 11 is 0. The Kier molecular flexibility index (Phi) is 67.5. The maximum absolute atomic E-state index is 12.6. The molecule has 34 heteroatoms. The highest BCUT2D eigenvalue weighted by Gasteiger charge is 2.24. The Hall–Kier alpha value is -5.29. The van der Waals surface area contributed by atoms with Gasteiger partial charge in [0.1, 0.15) is 6.54 Å². The van der Waals surface area contributed by atoms with Gasteiger partial charge in [-0.3, -0.25) is 9.59 Å². The lowest BCUT2D eigenvalue weighted by Crippen LogP contribution is -3.00. The van der Waals surface area contributed by atoms with Crippen molar-refractivity contribution in [2.45, 2.75) is 38.6 Å². The standard InChI is InChI=1S/C76H124N6O27.ClH/c77-68-10-12-71-70-13-11-69(80-81-78)66-72(70)76(67-7-3-1-4-8-67)82(73(71)65-68)16-6-2-5-9-74(83)79-15-18-87-20-22-89-24-26-91-28-30-93-32-34-95-36-38-97-40-42-99-44-46-101-48-50-103-52-54-105-56-58-107-60-62-109-64-63-108-61-59-106-57-55-104-53-51-102-49-47-100-45-43-98-41-39-96-37-35-94-33-31-92-29-27-90-25-23-88-21-19-86-17-14-75(84)85;/h1,3-4,7-8,10-13,65-66,77H,2,5-6,9,14-64H2,(H2,79,83,84,85);1H. The number of carboxylic acid groups (broad SMARTS) is 1. The summed E-state index contributed by atoms with van der Waals surface area (Å²) in [5.41, 5.74) is 19.8. The Balaban J connectivity index is 0.0000314. The van der Waals surface area contributed by atoms with E-state index >= 15 is 0 Å². The maximum atomic E-state index is 12.6. The summed E-state index contributed by atoms with van der Waals surface area (Å²) in [7, 11) is 0. The Morgan fingerprint density at radius 1 is 0.355 bits per heavy atom. The molecule has 0 saturated heterocycles. The van der Waals surface area contributed by atoms with Crippen molar-refractivity contribution >= 4 is 44.9 Å². The molecule has 3 aromatic carbocycles. The number of azide groups is 1. The first-order chi connectivity index (χ1) is 54.0. The molecule has 0 aliphatic rings. The van der Waals surface area contributed by atoms with Gasteiger partial charge in [0.15, 0.2) is 0 Å². The lowest BCUT2D eigenvalue weighted by molar-refractivity contribution is -0.659. The van der Waals surface area contributed by atoms with Crippen LogP contribution in [0.3, 0.4) is 0 Å². The topological polar surface area (TPSA) is 367 Å². The van der Waals surface area contributed by atoms with Crippen molar-refractivity contribution in [3.05, 3.63) is 77.2 Å². The molecule has 1 heterocycles. The van der Waals surface area contributed by atoms with Crippen LogP contribution >= 0.6 is 0 Å². The number of nitrogens with zero attached hydrogens (tertiary/aromatic N) is 4. The second-order valence-corrected chi connectivity index (χ2v) is 23.6. The zero-order valence-corrected chi connectivity index (χ0v) is 65.3. The normalized spacial score (nSPS) is 11.5. The Morgan fingerprint density at radius 2 is 0.655 bits per heavy atom. The molecule has 1 aromatic heterocycles. The number of nitrogens with two attached hydrogens (primary N) is 1. The highest BCUT2D eigenvalue weighted by Crippen LogP contribution is 2.35. The van der Waals surface area contributed by atoms with Crippen LogP contribution in [0, 0.1) is 0 Å². The van der Waals surface area contributed by atoms with E-state index in [1.54, 1.807) is 0 Å². The van der Waals surface area contributed by atoms with Crippen LogP contribution in [0.15, 0.2) is 71.8 Å². The van der Waals surface area contributed by atoms with Gasteiger partial charge < -0.3 is 142 Å². The molecule has 628 valence electrons. The molecule has 0 aliphatic carbocycles. The number of amides is 1. The van der Waals surface area contributed by atoms with Crippen molar-refractivity contribution in [1.82, 2.24) is 5.32 Å². The Morgan fingerprint density at radius 3 is 0.964 bits per heavy atom. The number of aromatic nitrogens is 1. The molecule has 0 fully saturated rings. The number of pyridine rings is 1. The fourth-order valence-electron chi connectivity index (χ4n) is 9.88. The van der Waals surface area contributed by atoms with Gasteiger partial charge in [-0.05, 0) is 48.7 Å². The molecule has 4 N–H and O–H groups in total. The number of anilines is 1. The summed E-state index contributed by atoms with van der Waals surface area (Å²) in [4.78, 5) is 26.0. The van der Waals surface area contributed by atoms with Gasteiger partial charge in [0, 0.05) is 52.7 Å². The molecule has 4 rings (SSSR count). The number of ether oxygens (including phenoxy) is 24. The number of aryl methyl sites for hydroxylation is 1. The van der Waals surface area contributed by atoms with E-state index in [0.29, 0.717) is 341 Å². The third-order valence-corrected chi connectivity index (χ3v) is 15.2. The minimum absolute atomic E-state index is 0. The minimum Gasteiger partial charge on any atom is -1.00 e. The average molecular weight is 1590 g/mol. The Bertz CT molecular complexity index is 2830. The van der Waals surface area contributed by atoms with Gasteiger partial charge in [-0.2, -0.15) is 4.57 Å². The largest absolute Gasteiger partial charge is 1.00 e. The van der Waals surface area contributed by atoms with Crippen LogP contribution in [0.4, 0.5) is 11.4 Å². The van der Waals surface area contributed by atoms with Crippen LogP contribution in [0.25, 0.3) is 43.4 Å². The summed E-state index contributed by atoms with van der Waals surface area (Å²) in [5, 5.41) is 18.5. The van der Waals surface area contributed by atoms with Gasteiger partial charge in [0.05, 0.1) is 334 Å². The van der Waals surface area contributed by atoms with Crippen LogP contribution in [0.5, 0.6) is 0 Å². The number of aliphatic carboxylic acids is 1. The molecule has 0 atom stereocenters. The van der Waals surface area contributed by atoms with Crippen molar-refractivity contribution in [3.63, 3.8) is 0 Å². The maximum Gasteiger partial charge on any atom is 0.305 e. The van der Waals surface area contributed by atoms with E-state index in [1.165, 1.54) is 0 Å². The molecule has 0 saturated carbocycles. The molecule has 1 amide bonds. The van der Waals surface area contributed by atoms with E-state index in [9.17, 15) is 9.59 Å². The summed E-state index contributed by atoms with van der Waals surface area (Å²) in [5.74, 6) is -0.883. The van der Waals surface area contributed by atoms with Gasteiger partial charge in [0.2, 0.25) is 17.1 Å². The minimum atomic E-state index is -0.882. The van der Waals surface area contributed by atoms with Gasteiger partial charge in [-0.1, -0.05) is 35.4 Å². The number of carbonyl (C=O) groups is 2. The summed E-state index contributed by atoms with van der Waals surface area (Å²) in [6.07, 6.45) is 2.88. The smallest absolute Gasteiger partial charge is 0.305 e. The SMILES string of the molecule is [Cl-].[N-]=[N+]=Nc1ccc2c(c1)c(-c1ccccc1)[n+](CCCCCC(=O)NCCOCCOCCOCCOCCOCCOCCOCCOCCOCCOCCOCCOCCOCCOCCOCCOCCOCCOCCOCCOCCOCCOCCOCCOCCC(=O)O)c1cc(N)ccc21. The van der Waals surface area contributed by atoms with Crippen LogP contribution in [-0.2, 0) is 130 Å². The predicted molar refractivity (Wildman–Crippen MR) is 404 cm³/mol. The number of carbonyl (C=O) groups excluding carboxylic acids is 1. The number of benzene rings is 3. The Labute approximate surface area is 654 Å². The fourth-order valence-corrected chi connectivity index (χ4v) is 9.88. The third-order valence-electron chi connectivity index (χ3n) is 15.2. The van der Waals surface area contributed by atoms with Crippen molar-refractivity contribution in [2.75, 3.05) is 329 Å². The van der Waals surface area contributed by atoms with Gasteiger partial charge in [-0.15, -0.1) is 0 Å². The van der Waals surface area contributed by atoms with Crippen molar-refractivity contribution < 1.29 is 145 Å². The summed E-state index contributed by atoms with van der Waals surface area (Å²) in [6, 6.07) is 21.9. The molecule has 0 aliphatic heterocycles. The summed E-state index contributed by atoms with van der Waals surface area (Å²) in [6.45, 7) is 22.9. The van der Waals surface area contributed by atoms with E-state index in [4.69, 9.17) is 130 Å². The van der Waals surface area contributed by atoms with E-state index in [0.717, 1.165) is 52.2 Å². The van der Waals surface area contributed by atoms with Crippen LogP contribution in [-0.4, -0.2) is 341 Å². The number of rotatable bonds is 83. The first kappa shape index (κ1) is 98.9. The number of hydrogen-bond donors (Lipinski definition) is 3. The van der Waals surface area contributed by atoms with E-state index in [-0.39, 0.29) is 31.3 Å². The third kappa shape index (κ3) is 56.0. The van der Waals surface area contributed by atoms with E-state index in [2.05, 4.69) is 32.0 Å². The predicted octanol–water partition coefficient (Wildman–Crippen LogP) is 3.03. The molecular formula is C76H125ClN6O27. The zero-order valence-electron chi connectivity index (χ0n) is 64.5. The van der Waals surface area contributed by atoms with Gasteiger partial charge >= 0.3 is 5.97 Å². The van der Waals surface area contributed by atoms with Crippen LogP contribution in [0.2, 0.25) is 0 Å². The second kappa shape index (κ2) is 75.1. The monoisotopic (exact) mass is 1590 g/mol. The van der Waals surface area contributed by atoms with Crippen LogP contribution < -0.4 is 28.0 Å². The highest BCUT2D eigenvalue weighted by atomic mass is 35.5. The van der Waals surface area contributed by atoms with Crippen molar-refractivity contribution in [2.24, 2.45) is 5.11 Å². The van der Waals surface area contributed by atoms with Gasteiger partial charge in [-0.25, -0.2) is 0 Å². The first-order valence-electron chi connectivity index (χ1n) is 38.1. The fraction of sp³-hybridized carbons (Fsp3) is 0.724. The van der Waals surface area contributed by atoms with E-state index < -0.39 is 5.97 Å². The highest BCUT2D eigenvalue weighted by molar-refractivity contribution is 6.10. The lowest BCUT2D eigenvalue weighted by Gasteiger charge is -2.13. The quantitative estimate of drug-likeness (QED) is 0.0109. The number of unbranched alkanes of at least 4 members (excludes halogenated alkanes) is 2. The molecule has 0 bridgehead atoms. The summed E-state index contributed by atoms with van der Waals surface area (Å²) < 4.78 is 135. The molecule has 0 unspecified atom stereocenters. The lowest BCUT2D eigenvalue weighted by atomic mass is 9.98.